The first-order chi connectivity index (χ1) is 7.20. The molecule has 0 spiro atoms. The first-order valence-corrected chi connectivity index (χ1v) is 5.67. The molecule has 2 aliphatic carbocycles. The highest BCUT2D eigenvalue weighted by molar-refractivity contribution is 6.00. The molecule has 0 amide bonds. The van der Waals surface area contributed by atoms with E-state index in [1.807, 2.05) is 20.8 Å². The predicted molar refractivity (Wildman–Crippen MR) is 56.9 cm³/mol. The Morgan fingerprint density at radius 1 is 1.12 bits per heavy atom. The largest absolute Gasteiger partial charge is 0.480 e. The molecule has 2 saturated carbocycles. The maximum atomic E-state index is 11.5. The van der Waals surface area contributed by atoms with Gasteiger partial charge in [-0.1, -0.05) is 20.8 Å². The van der Waals surface area contributed by atoms with Crippen LogP contribution >= 0.6 is 0 Å². The Kier molecular flexibility index (Phi) is 1.99. The molecule has 16 heavy (non-hydrogen) atoms. The number of hydrogen-bond acceptors (Lipinski definition) is 2. The summed E-state index contributed by atoms with van der Waals surface area (Å²) < 4.78 is 0. The summed E-state index contributed by atoms with van der Waals surface area (Å²) in [7, 11) is 0. The van der Waals surface area contributed by atoms with Gasteiger partial charge >= 0.3 is 11.9 Å². The summed E-state index contributed by atoms with van der Waals surface area (Å²) in [6, 6.07) is 0. The van der Waals surface area contributed by atoms with Crippen LogP contribution in [-0.2, 0) is 9.59 Å². The van der Waals surface area contributed by atoms with Gasteiger partial charge in [0.2, 0.25) is 0 Å². The van der Waals surface area contributed by atoms with Gasteiger partial charge in [-0.15, -0.1) is 0 Å². The molecule has 0 radical (unpaired) electrons. The average Bonchev–Trinajstić information content (AvgIpc) is 2.46. The summed E-state index contributed by atoms with van der Waals surface area (Å²) in [5, 5.41) is 18.7. The van der Waals surface area contributed by atoms with Crippen molar-refractivity contribution in [2.75, 3.05) is 0 Å². The molecular formula is C12H18O4. The molecule has 2 rings (SSSR count). The Bertz CT molecular complexity index is 357. The number of aliphatic carboxylic acids is 2. The number of carboxylic acids is 2. The zero-order valence-electron chi connectivity index (χ0n) is 9.91. The SMILES string of the molecule is CC1(C)C2CCC1(C)C(C(=O)O)(C(=O)O)C2. The van der Waals surface area contributed by atoms with Crippen LogP contribution in [0.15, 0.2) is 0 Å². The Labute approximate surface area is 94.7 Å². The summed E-state index contributed by atoms with van der Waals surface area (Å²) in [4.78, 5) is 22.9. The molecule has 2 atom stereocenters. The lowest BCUT2D eigenvalue weighted by Crippen LogP contribution is -2.52. The summed E-state index contributed by atoms with van der Waals surface area (Å²) in [5.41, 5.74) is -2.43. The normalized spacial score (nSPS) is 38.6. The molecule has 90 valence electrons. The summed E-state index contributed by atoms with van der Waals surface area (Å²) >= 11 is 0. The van der Waals surface area contributed by atoms with E-state index in [1.54, 1.807) is 0 Å². The monoisotopic (exact) mass is 226 g/mol. The molecule has 0 heterocycles. The van der Waals surface area contributed by atoms with Crippen molar-refractivity contribution in [3.63, 3.8) is 0 Å². The lowest BCUT2D eigenvalue weighted by Gasteiger charge is -2.43. The third-order valence-electron chi connectivity index (χ3n) is 5.66. The molecule has 4 heteroatoms. The van der Waals surface area contributed by atoms with Crippen LogP contribution in [0.1, 0.15) is 40.0 Å². The molecule has 2 N–H and O–H groups in total. The second-order valence-electron chi connectivity index (χ2n) is 6.01. The van der Waals surface area contributed by atoms with Crippen LogP contribution in [0.3, 0.4) is 0 Å². The molecule has 0 saturated heterocycles. The molecule has 0 aromatic heterocycles. The topological polar surface area (TPSA) is 74.6 Å². The number of fused-ring (bicyclic) bond motifs is 2. The van der Waals surface area contributed by atoms with Crippen molar-refractivity contribution in [1.82, 2.24) is 0 Å². The first-order valence-electron chi connectivity index (χ1n) is 5.67. The molecule has 2 bridgehead atoms. The van der Waals surface area contributed by atoms with E-state index in [1.165, 1.54) is 0 Å². The zero-order chi connectivity index (χ0) is 12.4. The molecule has 0 aliphatic heterocycles. The van der Waals surface area contributed by atoms with E-state index in [4.69, 9.17) is 0 Å². The second-order valence-corrected chi connectivity index (χ2v) is 6.01. The van der Waals surface area contributed by atoms with Crippen molar-refractivity contribution >= 4 is 11.9 Å². The highest BCUT2D eigenvalue weighted by Gasteiger charge is 2.75. The standard InChI is InChI=1S/C12H18O4/c1-10(2)7-4-5-11(10,3)12(6-7,8(13)14)9(15)16/h7H,4-6H2,1-3H3,(H,13,14)(H,15,16). The minimum absolute atomic E-state index is 0.205. The maximum absolute atomic E-state index is 11.5. The summed E-state index contributed by atoms with van der Waals surface area (Å²) in [6.07, 6.45) is 1.93. The van der Waals surface area contributed by atoms with E-state index in [9.17, 15) is 19.8 Å². The van der Waals surface area contributed by atoms with Crippen LogP contribution in [0, 0.1) is 22.2 Å². The van der Waals surface area contributed by atoms with Gasteiger partial charge in [-0.3, -0.25) is 9.59 Å². The van der Waals surface area contributed by atoms with Gasteiger partial charge in [0.15, 0.2) is 5.41 Å². The van der Waals surface area contributed by atoms with Crippen molar-refractivity contribution in [3.8, 4) is 0 Å². The van der Waals surface area contributed by atoms with Crippen molar-refractivity contribution in [2.45, 2.75) is 40.0 Å². The fourth-order valence-electron chi connectivity index (χ4n) is 4.05. The quantitative estimate of drug-likeness (QED) is 0.706. The van der Waals surface area contributed by atoms with E-state index < -0.39 is 22.8 Å². The van der Waals surface area contributed by atoms with E-state index in [-0.39, 0.29) is 17.8 Å². The van der Waals surface area contributed by atoms with Crippen LogP contribution in [-0.4, -0.2) is 22.2 Å². The fourth-order valence-corrected chi connectivity index (χ4v) is 4.05. The van der Waals surface area contributed by atoms with Gasteiger partial charge in [-0.2, -0.15) is 0 Å². The van der Waals surface area contributed by atoms with Gasteiger partial charge < -0.3 is 10.2 Å². The third-order valence-corrected chi connectivity index (χ3v) is 5.66. The molecular weight excluding hydrogens is 208 g/mol. The van der Waals surface area contributed by atoms with E-state index >= 15 is 0 Å². The number of carbonyl (C=O) groups is 2. The maximum Gasteiger partial charge on any atom is 0.321 e. The van der Waals surface area contributed by atoms with Gasteiger partial charge in [-0.05, 0) is 36.0 Å². The predicted octanol–water partition coefficient (Wildman–Crippen LogP) is 1.99. The number of carboxylic acid groups (broad SMARTS) is 2. The van der Waals surface area contributed by atoms with Gasteiger partial charge in [0.1, 0.15) is 0 Å². The van der Waals surface area contributed by atoms with E-state index in [0.717, 1.165) is 6.42 Å². The minimum Gasteiger partial charge on any atom is -0.480 e. The lowest BCUT2D eigenvalue weighted by atomic mass is 9.58. The fraction of sp³-hybridized carbons (Fsp3) is 0.833. The number of rotatable bonds is 2. The average molecular weight is 226 g/mol. The minimum atomic E-state index is -1.58. The molecule has 4 nitrogen and oxygen atoms in total. The molecule has 0 aromatic rings. The van der Waals surface area contributed by atoms with Crippen LogP contribution < -0.4 is 0 Å². The zero-order valence-corrected chi connectivity index (χ0v) is 9.91. The molecule has 2 unspecified atom stereocenters. The Morgan fingerprint density at radius 2 is 1.62 bits per heavy atom. The second kappa shape index (κ2) is 2.79. The Morgan fingerprint density at radius 3 is 1.81 bits per heavy atom. The van der Waals surface area contributed by atoms with Crippen molar-refractivity contribution in [3.05, 3.63) is 0 Å². The summed E-state index contributed by atoms with van der Waals surface area (Å²) in [5.74, 6) is -2.12. The Hall–Kier alpha value is -1.06. The van der Waals surface area contributed by atoms with Gasteiger partial charge in [0.05, 0.1) is 0 Å². The van der Waals surface area contributed by atoms with E-state index in [0.29, 0.717) is 6.42 Å². The molecule has 2 aliphatic rings. The lowest BCUT2D eigenvalue weighted by molar-refractivity contribution is -0.177. The smallest absolute Gasteiger partial charge is 0.321 e. The highest BCUT2D eigenvalue weighted by atomic mass is 16.4. The van der Waals surface area contributed by atoms with Crippen LogP contribution in [0.4, 0.5) is 0 Å². The summed E-state index contributed by atoms with van der Waals surface area (Å²) in [6.45, 7) is 5.86. The van der Waals surface area contributed by atoms with Crippen molar-refractivity contribution < 1.29 is 19.8 Å². The van der Waals surface area contributed by atoms with Crippen molar-refractivity contribution in [1.29, 1.82) is 0 Å². The van der Waals surface area contributed by atoms with Crippen LogP contribution in [0.25, 0.3) is 0 Å². The van der Waals surface area contributed by atoms with Gasteiger partial charge in [0.25, 0.3) is 0 Å². The van der Waals surface area contributed by atoms with Crippen LogP contribution in [0.5, 0.6) is 0 Å². The van der Waals surface area contributed by atoms with Gasteiger partial charge in [0, 0.05) is 0 Å². The van der Waals surface area contributed by atoms with Crippen molar-refractivity contribution in [2.24, 2.45) is 22.2 Å². The first kappa shape index (κ1) is 11.4. The van der Waals surface area contributed by atoms with E-state index in [2.05, 4.69) is 0 Å². The molecule has 2 fully saturated rings. The third kappa shape index (κ3) is 0.874. The number of hydrogen-bond donors (Lipinski definition) is 2. The molecule has 0 aromatic carbocycles. The highest BCUT2D eigenvalue weighted by Crippen LogP contribution is 2.73. The van der Waals surface area contributed by atoms with Crippen LogP contribution in [0.2, 0.25) is 0 Å². The Balaban J connectivity index is 2.62. The van der Waals surface area contributed by atoms with Gasteiger partial charge in [-0.25, -0.2) is 0 Å².